The zero-order valence-corrected chi connectivity index (χ0v) is 27.8. The third-order valence-electron chi connectivity index (χ3n) is 16.6. The van der Waals surface area contributed by atoms with Crippen molar-refractivity contribution in [1.82, 2.24) is 4.90 Å². The molecule has 1 amide bonds. The van der Waals surface area contributed by atoms with E-state index in [4.69, 9.17) is 4.74 Å². The number of carbonyl (C=O) groups is 2. The number of amides is 1. The molecule has 7 saturated carbocycles. The number of Topliss-reactive ketones (excluding diaryl/α,β-unsaturated/α-hetero) is 1. The van der Waals surface area contributed by atoms with Crippen molar-refractivity contribution in [2.24, 2.45) is 56.7 Å². The van der Waals surface area contributed by atoms with E-state index in [9.17, 15) is 14.7 Å². The van der Waals surface area contributed by atoms with E-state index in [1.807, 2.05) is 30.3 Å². The van der Waals surface area contributed by atoms with E-state index < -0.39 is 5.60 Å². The van der Waals surface area contributed by atoms with Crippen LogP contribution < -0.4 is 0 Å². The maximum atomic E-state index is 14.7. The average Bonchev–Trinajstić information content (AvgIpc) is 3.50. The summed E-state index contributed by atoms with van der Waals surface area (Å²) in [6.45, 7) is 6.49. The van der Waals surface area contributed by atoms with E-state index in [1.165, 1.54) is 38.5 Å². The Morgan fingerprint density at radius 3 is 2.24 bits per heavy atom. The molecular weight excluding hydrogens is 570 g/mol. The van der Waals surface area contributed by atoms with Crippen LogP contribution in [0.25, 0.3) is 0 Å². The smallest absolute Gasteiger partial charge is 0.410 e. The summed E-state index contributed by atoms with van der Waals surface area (Å²) >= 11 is 0. The third-order valence-corrected chi connectivity index (χ3v) is 16.6. The van der Waals surface area contributed by atoms with Crippen LogP contribution in [0.1, 0.15) is 108 Å². The summed E-state index contributed by atoms with van der Waals surface area (Å²) in [5, 5.41) is 11.0. The van der Waals surface area contributed by atoms with Gasteiger partial charge in [-0.2, -0.15) is 0 Å². The molecule has 10 aliphatic carbocycles. The molecule has 0 radical (unpaired) electrons. The first-order valence-corrected chi connectivity index (χ1v) is 18.7. The Kier molecular flexibility index (Phi) is 5.58. The number of nitrogens with zero attached hydrogens (tertiary/aromatic N) is 1. The summed E-state index contributed by atoms with van der Waals surface area (Å²) in [5.41, 5.74) is 0.615. The molecule has 1 aromatic rings. The van der Waals surface area contributed by atoms with Crippen molar-refractivity contribution >= 4 is 11.9 Å². The zero-order valence-electron chi connectivity index (χ0n) is 27.8. The molecule has 1 aliphatic heterocycles. The standard InChI is InChI=1S/C41H51NO4/c1-36-11-8-30(43)22-39(36)14-15-41(31(23-39)34(44)29-6-4-3-5-7-29)32(36)9-12-37(2)33(41)10-13-40(37)25-42(35(45)46-40)24-38-19-26-16-27(20-38)18-28(17-26)21-38/h3-7,14-15,23,26-28,30,32-33,43H,8-13,16-22,24-25H2,1-2H3/t26?,27?,28?,30-,32+,33+,36+,37-,38?,39-,40+,41-/m0/s1. The third kappa shape index (κ3) is 3.37. The lowest BCUT2D eigenvalue weighted by Gasteiger charge is -2.71. The molecule has 6 bridgehead atoms. The zero-order chi connectivity index (χ0) is 31.3. The van der Waals surface area contributed by atoms with Crippen molar-refractivity contribution < 1.29 is 19.4 Å². The number of ether oxygens (including phenoxy) is 1. The first-order valence-electron chi connectivity index (χ1n) is 18.7. The average molecular weight is 622 g/mol. The highest BCUT2D eigenvalue weighted by molar-refractivity contribution is 6.10. The van der Waals surface area contributed by atoms with Gasteiger partial charge >= 0.3 is 6.09 Å². The van der Waals surface area contributed by atoms with Crippen LogP contribution in [0.5, 0.6) is 0 Å². The van der Waals surface area contributed by atoms with E-state index in [-0.39, 0.29) is 45.6 Å². The van der Waals surface area contributed by atoms with Crippen molar-refractivity contribution in [3.05, 3.63) is 59.7 Å². The van der Waals surface area contributed by atoms with Crippen LogP contribution in [0.2, 0.25) is 0 Å². The molecule has 12 rings (SSSR count). The largest absolute Gasteiger partial charge is 0.440 e. The summed E-state index contributed by atoms with van der Waals surface area (Å²) in [4.78, 5) is 30.8. The Labute approximate surface area is 274 Å². The molecule has 8 atom stereocenters. The molecular formula is C41H51NO4. The molecule has 5 nitrogen and oxygen atoms in total. The van der Waals surface area contributed by atoms with E-state index in [2.05, 4.69) is 37.0 Å². The Bertz CT molecular complexity index is 1540. The topological polar surface area (TPSA) is 66.8 Å². The Balaban J connectivity index is 1.03. The van der Waals surface area contributed by atoms with Gasteiger partial charge < -0.3 is 14.7 Å². The van der Waals surface area contributed by atoms with Gasteiger partial charge in [-0.3, -0.25) is 4.79 Å². The number of carbonyl (C=O) groups excluding carboxylic acids is 2. The number of ketones is 1. The fourth-order valence-electron chi connectivity index (χ4n) is 15.1. The molecule has 0 aromatic heterocycles. The first-order chi connectivity index (χ1) is 22.0. The van der Waals surface area contributed by atoms with Gasteiger partial charge in [-0.15, -0.1) is 0 Å². The van der Waals surface area contributed by atoms with Crippen LogP contribution >= 0.6 is 0 Å². The van der Waals surface area contributed by atoms with Crippen molar-refractivity contribution in [1.29, 1.82) is 0 Å². The van der Waals surface area contributed by atoms with Crippen LogP contribution in [0.3, 0.4) is 0 Å². The molecule has 46 heavy (non-hydrogen) atoms. The van der Waals surface area contributed by atoms with E-state index in [0.29, 0.717) is 24.3 Å². The fraction of sp³-hybridized carbons (Fsp3) is 0.707. The molecule has 5 heteroatoms. The minimum Gasteiger partial charge on any atom is -0.440 e. The minimum absolute atomic E-state index is 0.00454. The molecule has 244 valence electrons. The van der Waals surface area contributed by atoms with Crippen molar-refractivity contribution in [2.45, 2.75) is 109 Å². The molecule has 0 unspecified atom stereocenters. The highest BCUT2D eigenvalue weighted by atomic mass is 16.6. The second kappa shape index (κ2) is 8.98. The van der Waals surface area contributed by atoms with Gasteiger partial charge in [0.15, 0.2) is 5.78 Å². The van der Waals surface area contributed by atoms with Gasteiger partial charge in [0.05, 0.1) is 12.6 Å². The SMILES string of the molecule is C[C@]12CC[C@H]3[C@@]4(C=C[C@@]5(C=C4C(=O)c4ccccc4)C[C@@H](O)CC[C@]35C)[C@@H]1CC[C@@]21CN(CC23CC4CC(CC(C4)C2)C3)C(=O)O1. The maximum absolute atomic E-state index is 14.7. The highest BCUT2D eigenvalue weighted by Gasteiger charge is 2.76. The van der Waals surface area contributed by atoms with Crippen LogP contribution in [0.4, 0.5) is 4.79 Å². The number of aliphatic hydroxyl groups excluding tert-OH is 1. The summed E-state index contributed by atoms with van der Waals surface area (Å²) in [5.74, 6) is 3.31. The van der Waals surface area contributed by atoms with Gasteiger partial charge in [-0.05, 0) is 124 Å². The summed E-state index contributed by atoms with van der Waals surface area (Å²) in [6.07, 6.45) is 21.4. The fourth-order valence-corrected chi connectivity index (χ4v) is 15.1. The maximum Gasteiger partial charge on any atom is 0.410 e. The van der Waals surface area contributed by atoms with E-state index in [0.717, 1.165) is 74.0 Å². The molecule has 3 spiro atoms. The van der Waals surface area contributed by atoms with Gasteiger partial charge in [0.1, 0.15) is 5.60 Å². The molecule has 1 aromatic carbocycles. The number of rotatable bonds is 4. The van der Waals surface area contributed by atoms with Crippen molar-refractivity contribution in [3.63, 3.8) is 0 Å². The van der Waals surface area contributed by atoms with Gasteiger partial charge in [0.2, 0.25) is 0 Å². The Hall–Kier alpha value is -2.40. The van der Waals surface area contributed by atoms with Crippen molar-refractivity contribution in [2.75, 3.05) is 13.1 Å². The monoisotopic (exact) mass is 621 g/mol. The Morgan fingerprint density at radius 2 is 1.52 bits per heavy atom. The lowest BCUT2D eigenvalue weighted by Crippen LogP contribution is -2.67. The summed E-state index contributed by atoms with van der Waals surface area (Å²) in [6, 6.07) is 9.85. The van der Waals surface area contributed by atoms with Crippen molar-refractivity contribution in [3.8, 4) is 0 Å². The van der Waals surface area contributed by atoms with Crippen LogP contribution in [-0.4, -0.2) is 46.7 Å². The molecule has 1 heterocycles. The normalized spacial score (nSPS) is 52.4. The molecule has 8 fully saturated rings. The summed E-state index contributed by atoms with van der Waals surface area (Å²) < 4.78 is 6.74. The number of hydrogen-bond acceptors (Lipinski definition) is 4. The molecule has 11 aliphatic rings. The molecule has 1 saturated heterocycles. The lowest BCUT2D eigenvalue weighted by atomic mass is 9.32. The van der Waals surface area contributed by atoms with Gasteiger partial charge in [-0.25, -0.2) is 4.79 Å². The number of hydrogen-bond donors (Lipinski definition) is 1. The quantitative estimate of drug-likeness (QED) is 0.272. The van der Waals surface area contributed by atoms with Crippen LogP contribution in [0.15, 0.2) is 54.1 Å². The number of aliphatic hydroxyl groups is 1. The van der Waals surface area contributed by atoms with Crippen LogP contribution in [-0.2, 0) is 4.74 Å². The number of benzene rings is 1. The van der Waals surface area contributed by atoms with E-state index in [1.54, 1.807) is 0 Å². The number of fused-ring (bicyclic) bond motifs is 2. The second-order valence-corrected chi connectivity index (χ2v) is 18.6. The minimum atomic E-state index is -0.499. The molecule has 1 N–H and O–H groups in total. The highest BCUT2D eigenvalue weighted by Crippen LogP contribution is 2.79. The Morgan fingerprint density at radius 1 is 0.870 bits per heavy atom. The summed E-state index contributed by atoms with van der Waals surface area (Å²) in [7, 11) is 0. The van der Waals surface area contributed by atoms with Gasteiger partial charge in [-0.1, -0.05) is 62.4 Å². The predicted molar refractivity (Wildman–Crippen MR) is 176 cm³/mol. The van der Waals surface area contributed by atoms with Gasteiger partial charge in [0.25, 0.3) is 0 Å². The lowest BCUT2D eigenvalue weighted by molar-refractivity contribution is -0.164. The predicted octanol–water partition coefficient (Wildman–Crippen LogP) is 8.14. The second-order valence-electron chi connectivity index (χ2n) is 18.6. The number of allylic oxidation sites excluding steroid dienone is 4. The van der Waals surface area contributed by atoms with Gasteiger partial charge in [0, 0.05) is 33.9 Å². The van der Waals surface area contributed by atoms with E-state index >= 15 is 0 Å². The van der Waals surface area contributed by atoms with Crippen LogP contribution in [0, 0.1) is 56.7 Å². The first kappa shape index (κ1) is 28.6.